The molecule has 3 nitrogen and oxygen atoms in total. The second-order valence-electron chi connectivity index (χ2n) is 4.66. The molecule has 0 saturated carbocycles. The predicted molar refractivity (Wildman–Crippen MR) is 78.5 cm³/mol. The van der Waals surface area contributed by atoms with Crippen molar-refractivity contribution in [2.45, 2.75) is 13.3 Å². The van der Waals surface area contributed by atoms with Crippen LogP contribution in [0.4, 0.5) is 5.82 Å². The number of carbonyl (C=O) groups is 1. The molecule has 1 aromatic heterocycles. The minimum atomic E-state index is 0.0380. The zero-order valence-electron chi connectivity index (χ0n) is 10.6. The van der Waals surface area contributed by atoms with Crippen LogP contribution < -0.4 is 4.90 Å². The Balaban J connectivity index is 2.00. The molecule has 2 aromatic rings. The summed E-state index contributed by atoms with van der Waals surface area (Å²) in [6, 6.07) is 9.72. The second-order valence-corrected chi connectivity index (χ2v) is 5.51. The van der Waals surface area contributed by atoms with Crippen molar-refractivity contribution in [3.8, 4) is 0 Å². The predicted octanol–water partition coefficient (Wildman–Crippen LogP) is 3.36. The van der Waals surface area contributed by atoms with E-state index in [-0.39, 0.29) is 5.91 Å². The van der Waals surface area contributed by atoms with Gasteiger partial charge in [-0.1, -0.05) is 18.2 Å². The lowest BCUT2D eigenvalue weighted by Crippen LogP contribution is -2.38. The van der Waals surface area contributed by atoms with Crippen LogP contribution in [0.2, 0.25) is 0 Å². The molecule has 4 heteroatoms. The number of aromatic nitrogens is 1. The smallest absolute Gasteiger partial charge is 0.259 e. The van der Waals surface area contributed by atoms with Gasteiger partial charge in [-0.3, -0.25) is 9.69 Å². The number of fused-ring (bicyclic) bond motifs is 1. The van der Waals surface area contributed by atoms with E-state index >= 15 is 0 Å². The molecule has 0 saturated heterocycles. The van der Waals surface area contributed by atoms with Crippen LogP contribution in [0.15, 0.2) is 41.0 Å². The lowest BCUT2D eigenvalue weighted by Gasteiger charge is -2.27. The minimum absolute atomic E-state index is 0.0380. The van der Waals surface area contributed by atoms with Crippen LogP contribution in [0.1, 0.15) is 21.5 Å². The van der Waals surface area contributed by atoms with Crippen molar-refractivity contribution >= 4 is 27.7 Å². The molecule has 1 amide bonds. The SMILES string of the molecule is Cc1cc(N2CCc3ccccc3C2=O)ncc1Br. The molecule has 1 aliphatic rings. The molecule has 1 aromatic carbocycles. The van der Waals surface area contributed by atoms with Crippen LogP contribution in [0, 0.1) is 6.92 Å². The second kappa shape index (κ2) is 4.78. The third-order valence-corrected chi connectivity index (χ3v) is 4.24. The number of amides is 1. The van der Waals surface area contributed by atoms with Crippen LogP contribution in [0.5, 0.6) is 0 Å². The normalized spacial score (nSPS) is 14.4. The summed E-state index contributed by atoms with van der Waals surface area (Å²) < 4.78 is 0.959. The number of nitrogens with zero attached hydrogens (tertiary/aromatic N) is 2. The summed E-state index contributed by atoms with van der Waals surface area (Å²) in [5, 5.41) is 0. The lowest BCUT2D eigenvalue weighted by molar-refractivity contribution is 0.0980. The van der Waals surface area contributed by atoms with Crippen molar-refractivity contribution in [2.24, 2.45) is 0 Å². The zero-order valence-corrected chi connectivity index (χ0v) is 12.1. The van der Waals surface area contributed by atoms with Gasteiger partial charge in [0.05, 0.1) is 0 Å². The first-order valence-electron chi connectivity index (χ1n) is 6.19. The van der Waals surface area contributed by atoms with Crippen LogP contribution >= 0.6 is 15.9 Å². The van der Waals surface area contributed by atoms with E-state index in [0.717, 1.165) is 33.4 Å². The number of hydrogen-bond donors (Lipinski definition) is 0. The standard InChI is InChI=1S/C15H13BrN2O/c1-10-8-14(17-9-13(10)16)18-7-6-11-4-2-3-5-12(11)15(18)19/h2-5,8-9H,6-7H2,1H3. The molecular formula is C15H13BrN2O. The molecule has 19 heavy (non-hydrogen) atoms. The van der Waals surface area contributed by atoms with Crippen molar-refractivity contribution in [1.29, 1.82) is 0 Å². The molecule has 0 spiro atoms. The fourth-order valence-corrected chi connectivity index (χ4v) is 2.53. The molecule has 0 radical (unpaired) electrons. The quantitative estimate of drug-likeness (QED) is 0.808. The highest BCUT2D eigenvalue weighted by Crippen LogP contribution is 2.25. The molecule has 0 bridgehead atoms. The fourth-order valence-electron chi connectivity index (χ4n) is 2.32. The summed E-state index contributed by atoms with van der Waals surface area (Å²) in [7, 11) is 0. The van der Waals surface area contributed by atoms with Crippen molar-refractivity contribution in [2.75, 3.05) is 11.4 Å². The monoisotopic (exact) mass is 316 g/mol. The number of carbonyl (C=O) groups excluding carboxylic acids is 1. The van der Waals surface area contributed by atoms with E-state index < -0.39 is 0 Å². The maximum atomic E-state index is 12.5. The molecule has 0 unspecified atom stereocenters. The van der Waals surface area contributed by atoms with Gasteiger partial charge in [0.25, 0.3) is 5.91 Å². The molecule has 0 atom stereocenters. The summed E-state index contributed by atoms with van der Waals surface area (Å²) in [6.45, 7) is 2.68. The third-order valence-electron chi connectivity index (χ3n) is 3.41. The van der Waals surface area contributed by atoms with Gasteiger partial charge >= 0.3 is 0 Å². The molecule has 0 aliphatic carbocycles. The van der Waals surface area contributed by atoms with Crippen molar-refractivity contribution in [3.05, 3.63) is 57.7 Å². The van der Waals surface area contributed by atoms with Gasteiger partial charge in [-0.15, -0.1) is 0 Å². The first-order chi connectivity index (χ1) is 9.16. The van der Waals surface area contributed by atoms with E-state index in [9.17, 15) is 4.79 Å². The van der Waals surface area contributed by atoms with Gasteiger partial charge in [0.1, 0.15) is 5.82 Å². The van der Waals surface area contributed by atoms with E-state index in [4.69, 9.17) is 0 Å². The average Bonchev–Trinajstić information content (AvgIpc) is 2.43. The number of hydrogen-bond acceptors (Lipinski definition) is 2. The van der Waals surface area contributed by atoms with Gasteiger partial charge in [0, 0.05) is 22.8 Å². The molecule has 96 valence electrons. The number of aryl methyl sites for hydroxylation is 1. The Bertz CT molecular complexity index is 654. The van der Waals surface area contributed by atoms with E-state index in [2.05, 4.69) is 20.9 Å². The molecule has 0 fully saturated rings. The van der Waals surface area contributed by atoms with E-state index in [1.54, 1.807) is 11.1 Å². The summed E-state index contributed by atoms with van der Waals surface area (Å²) in [6.07, 6.45) is 2.62. The summed E-state index contributed by atoms with van der Waals surface area (Å²) in [5.41, 5.74) is 2.99. The molecule has 0 N–H and O–H groups in total. The van der Waals surface area contributed by atoms with Crippen LogP contribution in [-0.2, 0) is 6.42 Å². The number of anilines is 1. The molecule has 2 heterocycles. The van der Waals surface area contributed by atoms with Crippen molar-refractivity contribution in [3.63, 3.8) is 0 Å². The van der Waals surface area contributed by atoms with Crippen molar-refractivity contribution in [1.82, 2.24) is 4.98 Å². The Morgan fingerprint density at radius 1 is 1.32 bits per heavy atom. The van der Waals surface area contributed by atoms with E-state index in [1.807, 2.05) is 37.3 Å². The molecule has 3 rings (SSSR count). The van der Waals surface area contributed by atoms with Crippen LogP contribution in [-0.4, -0.2) is 17.4 Å². The highest BCUT2D eigenvalue weighted by molar-refractivity contribution is 9.10. The van der Waals surface area contributed by atoms with Crippen molar-refractivity contribution < 1.29 is 4.79 Å². The Kier molecular flexibility index (Phi) is 3.11. The summed E-state index contributed by atoms with van der Waals surface area (Å²) in [5.74, 6) is 0.760. The topological polar surface area (TPSA) is 33.2 Å². The highest BCUT2D eigenvalue weighted by Gasteiger charge is 2.25. The van der Waals surface area contributed by atoms with Crippen LogP contribution in [0.25, 0.3) is 0 Å². The lowest BCUT2D eigenvalue weighted by atomic mass is 9.99. The molecular weight excluding hydrogens is 304 g/mol. The first-order valence-corrected chi connectivity index (χ1v) is 6.98. The number of rotatable bonds is 1. The summed E-state index contributed by atoms with van der Waals surface area (Å²) in [4.78, 5) is 18.6. The van der Waals surface area contributed by atoms with E-state index in [0.29, 0.717) is 6.54 Å². The Morgan fingerprint density at radius 2 is 2.11 bits per heavy atom. The first kappa shape index (κ1) is 12.4. The molecule has 1 aliphatic heterocycles. The number of halogens is 1. The van der Waals surface area contributed by atoms with Gasteiger partial charge in [-0.05, 0) is 52.5 Å². The number of pyridine rings is 1. The van der Waals surface area contributed by atoms with Crippen LogP contribution in [0.3, 0.4) is 0 Å². The fraction of sp³-hybridized carbons (Fsp3) is 0.200. The van der Waals surface area contributed by atoms with Gasteiger partial charge in [-0.25, -0.2) is 4.98 Å². The summed E-state index contributed by atoms with van der Waals surface area (Å²) >= 11 is 3.43. The maximum absolute atomic E-state index is 12.5. The Labute approximate surface area is 120 Å². The zero-order chi connectivity index (χ0) is 13.4. The average molecular weight is 317 g/mol. The van der Waals surface area contributed by atoms with Gasteiger partial charge in [-0.2, -0.15) is 0 Å². The van der Waals surface area contributed by atoms with Gasteiger partial charge < -0.3 is 0 Å². The number of benzene rings is 1. The Morgan fingerprint density at radius 3 is 2.89 bits per heavy atom. The van der Waals surface area contributed by atoms with E-state index in [1.165, 1.54) is 0 Å². The highest BCUT2D eigenvalue weighted by atomic mass is 79.9. The maximum Gasteiger partial charge on any atom is 0.259 e. The Hall–Kier alpha value is -1.68. The minimum Gasteiger partial charge on any atom is -0.292 e. The van der Waals surface area contributed by atoms with Gasteiger partial charge in [0.2, 0.25) is 0 Å². The largest absolute Gasteiger partial charge is 0.292 e. The van der Waals surface area contributed by atoms with Gasteiger partial charge in [0.15, 0.2) is 0 Å². The third kappa shape index (κ3) is 2.16.